The Bertz CT molecular complexity index is 5440. The molecule has 0 bridgehead atoms. The summed E-state index contributed by atoms with van der Waals surface area (Å²) in [5.41, 5.74) is 37.9. The lowest BCUT2D eigenvalue weighted by Gasteiger charge is -2.34. The zero-order valence-electron chi connectivity index (χ0n) is 75.2. The molecule has 0 saturated heterocycles. The molecule has 0 spiro atoms. The van der Waals surface area contributed by atoms with Gasteiger partial charge in [-0.3, -0.25) is 0 Å². The van der Waals surface area contributed by atoms with Gasteiger partial charge >= 0.3 is 0 Å². The first-order valence-electron chi connectivity index (χ1n) is 49.3. The molecule has 12 aromatic rings. The van der Waals surface area contributed by atoms with Crippen molar-refractivity contribution in [3.8, 4) is 100 Å². The fourth-order valence-electron chi connectivity index (χ4n) is 23.7. The van der Waals surface area contributed by atoms with Crippen molar-refractivity contribution in [3.05, 3.63) is 275 Å². The molecule has 0 heteroatoms. The van der Waals surface area contributed by atoms with Gasteiger partial charge in [-0.15, -0.1) is 0 Å². The van der Waals surface area contributed by atoms with E-state index in [0.29, 0.717) is 0 Å². The van der Waals surface area contributed by atoms with E-state index < -0.39 is 0 Å². The standard InChI is InChI=1S/C120H142/c1-9-17-25-37-69-117(70-38-26-18-10-2)109-48-36-35-47-101(109)102-62-56-95(81-110(102)117)96-57-64-105-106-66-60-99(85-114(106)119(113(105)82-96,73-41-29-21-13-5)74-42-30-22-14-6)100-61-68-108-107-67-59-98(84-115(107)120(116(108)86-100,75-43-31-23-15-7)76-44-32-24-16-8)97-58-65-104-103-63-55-94(80-111(103)118(112(104)83-97,71-39-27-19-11-3)72-40-28-20-12-4)93-54-53-91-78-90(51-52-92(91)79-93)89-50-49-87-45-33-34-46-88(87)77-89/h33-36,45-68,77-86H,9-32,37-44,69-76H2,1-8H3. The topological polar surface area (TPSA) is 0 Å². The van der Waals surface area contributed by atoms with Crippen LogP contribution in [-0.4, -0.2) is 0 Å². The van der Waals surface area contributed by atoms with E-state index in [1.54, 1.807) is 44.5 Å². The van der Waals surface area contributed by atoms with E-state index in [0.717, 1.165) is 0 Å². The smallest absolute Gasteiger partial charge is 0.0215 e. The summed E-state index contributed by atoms with van der Waals surface area (Å²) in [7, 11) is 0. The van der Waals surface area contributed by atoms with E-state index in [2.05, 4.69) is 286 Å². The maximum absolute atomic E-state index is 2.77. The van der Waals surface area contributed by atoms with Gasteiger partial charge in [0.1, 0.15) is 0 Å². The monoisotopic (exact) mass is 1580 g/mol. The molecule has 12 aromatic carbocycles. The summed E-state index contributed by atoms with van der Waals surface area (Å²) in [4.78, 5) is 0. The van der Waals surface area contributed by atoms with Gasteiger partial charge in [-0.25, -0.2) is 0 Å². The SMILES string of the molecule is CCCCCCC1(CCCCCC)c2ccccc2-c2ccc(-c3ccc4c(c3)C(CCCCCC)(CCCCCC)c3cc(-c5ccc6c(c5)C(CCCCCC)(CCCCCC)c5cc(-c7ccc8c(c7)C(CCCCCC)(CCCCCC)c7cc(-c9ccc%10cc(-c%11ccc%12ccccc%12c%11)ccc%10c9)ccc7-8)ccc5-6)ccc3-4)cc21. The fourth-order valence-corrected chi connectivity index (χ4v) is 23.7. The Morgan fingerprint density at radius 3 is 0.558 bits per heavy atom. The zero-order chi connectivity index (χ0) is 82.5. The molecule has 0 saturated carbocycles. The first kappa shape index (κ1) is 84.8. The second kappa shape index (κ2) is 39.1. The predicted molar refractivity (Wildman–Crippen MR) is 524 cm³/mol. The lowest BCUT2D eigenvalue weighted by atomic mass is 9.69. The highest BCUT2D eigenvalue weighted by molar-refractivity contribution is 5.96. The van der Waals surface area contributed by atoms with Crippen LogP contribution in [0, 0.1) is 0 Å². The van der Waals surface area contributed by atoms with Crippen molar-refractivity contribution < 1.29 is 0 Å². The number of hydrogen-bond donors (Lipinski definition) is 0. The van der Waals surface area contributed by atoms with Crippen LogP contribution in [0.25, 0.3) is 122 Å². The Hall–Kier alpha value is -8.84. The third-order valence-electron chi connectivity index (χ3n) is 30.3. The van der Waals surface area contributed by atoms with E-state index in [9.17, 15) is 0 Å². The summed E-state index contributed by atoms with van der Waals surface area (Å²) in [5, 5.41) is 5.15. The Morgan fingerprint density at radius 2 is 0.317 bits per heavy atom. The molecule has 0 heterocycles. The molecule has 0 unspecified atom stereocenters. The third kappa shape index (κ3) is 16.9. The second-order valence-corrected chi connectivity index (χ2v) is 38.0. The lowest BCUT2D eigenvalue weighted by Crippen LogP contribution is -2.26. The molecule has 0 atom stereocenters. The van der Waals surface area contributed by atoms with Crippen LogP contribution in [0.4, 0.5) is 0 Å². The van der Waals surface area contributed by atoms with Crippen molar-refractivity contribution in [2.24, 2.45) is 0 Å². The van der Waals surface area contributed by atoms with Gasteiger partial charge in [-0.1, -0.05) is 431 Å². The van der Waals surface area contributed by atoms with Crippen LogP contribution in [0.15, 0.2) is 231 Å². The molecule has 0 radical (unpaired) electrons. The number of fused-ring (bicyclic) bond motifs is 14. The molecule has 0 fully saturated rings. The second-order valence-electron chi connectivity index (χ2n) is 38.0. The summed E-state index contributed by atoms with van der Waals surface area (Å²) < 4.78 is 0. The van der Waals surface area contributed by atoms with E-state index >= 15 is 0 Å². The van der Waals surface area contributed by atoms with Gasteiger partial charge < -0.3 is 0 Å². The Balaban J connectivity index is 0.776. The van der Waals surface area contributed by atoms with Crippen molar-refractivity contribution in [3.63, 3.8) is 0 Å². The third-order valence-corrected chi connectivity index (χ3v) is 30.3. The summed E-state index contributed by atoms with van der Waals surface area (Å²) in [6, 6.07) is 94.5. The van der Waals surface area contributed by atoms with Crippen LogP contribution in [0.3, 0.4) is 0 Å². The maximum atomic E-state index is 2.77. The minimum Gasteiger partial charge on any atom is -0.0654 e. The van der Waals surface area contributed by atoms with Gasteiger partial charge in [0.15, 0.2) is 0 Å². The van der Waals surface area contributed by atoms with Crippen LogP contribution < -0.4 is 0 Å². The van der Waals surface area contributed by atoms with Crippen LogP contribution >= 0.6 is 0 Å². The number of benzene rings is 12. The van der Waals surface area contributed by atoms with Gasteiger partial charge in [-0.05, 0) is 278 Å². The van der Waals surface area contributed by atoms with Crippen LogP contribution in [-0.2, 0) is 21.7 Å². The van der Waals surface area contributed by atoms with E-state index in [1.165, 1.54) is 379 Å². The lowest BCUT2D eigenvalue weighted by molar-refractivity contribution is 0.400. The molecule has 16 rings (SSSR count). The average molecular weight is 1580 g/mol. The molecule has 0 nitrogen and oxygen atoms in total. The van der Waals surface area contributed by atoms with Crippen molar-refractivity contribution >= 4 is 21.5 Å². The van der Waals surface area contributed by atoms with Crippen LogP contribution in [0.5, 0.6) is 0 Å². The average Bonchev–Trinajstić information content (AvgIpc) is 1.58. The van der Waals surface area contributed by atoms with E-state index in [-0.39, 0.29) is 21.7 Å². The molecule has 0 aromatic heterocycles. The normalized spacial score (nSPS) is 14.4. The molecule has 0 amide bonds. The maximum Gasteiger partial charge on any atom is 0.0215 e. The Kier molecular flexibility index (Phi) is 27.6. The van der Waals surface area contributed by atoms with Crippen molar-refractivity contribution in [2.45, 2.75) is 334 Å². The highest BCUT2D eigenvalue weighted by atomic mass is 14.5. The van der Waals surface area contributed by atoms with Gasteiger partial charge in [0.25, 0.3) is 0 Å². The molecule has 4 aliphatic carbocycles. The van der Waals surface area contributed by atoms with Crippen LogP contribution in [0.1, 0.15) is 357 Å². The quantitative estimate of drug-likeness (QED) is 0.0334. The van der Waals surface area contributed by atoms with E-state index in [4.69, 9.17) is 0 Å². The highest BCUT2D eigenvalue weighted by Crippen LogP contribution is 2.62. The summed E-state index contributed by atoms with van der Waals surface area (Å²) in [5.74, 6) is 0. The number of hydrogen-bond acceptors (Lipinski definition) is 0. The van der Waals surface area contributed by atoms with Crippen molar-refractivity contribution in [2.75, 3.05) is 0 Å². The summed E-state index contributed by atoms with van der Waals surface area (Å²) in [6.07, 6.45) is 50.4. The Labute approximate surface area is 725 Å². The van der Waals surface area contributed by atoms with E-state index in [1.807, 2.05) is 0 Å². The van der Waals surface area contributed by atoms with Crippen molar-refractivity contribution in [1.82, 2.24) is 0 Å². The zero-order valence-corrected chi connectivity index (χ0v) is 75.2. The van der Waals surface area contributed by atoms with Gasteiger partial charge in [0.2, 0.25) is 0 Å². The molecular formula is C120H142. The molecule has 622 valence electrons. The number of rotatable bonds is 45. The fraction of sp³-hybridized carbons (Fsp3) is 0.433. The van der Waals surface area contributed by atoms with Crippen molar-refractivity contribution in [1.29, 1.82) is 0 Å². The Morgan fingerprint density at radius 1 is 0.142 bits per heavy atom. The largest absolute Gasteiger partial charge is 0.0654 e. The minimum atomic E-state index is -0.0953. The molecule has 4 aliphatic rings. The first-order valence-corrected chi connectivity index (χ1v) is 49.3. The predicted octanol–water partition coefficient (Wildman–Crippen LogP) is 37.2. The highest BCUT2D eigenvalue weighted by Gasteiger charge is 2.48. The van der Waals surface area contributed by atoms with Gasteiger partial charge in [0.05, 0.1) is 0 Å². The first-order chi connectivity index (χ1) is 59.1. The molecule has 120 heavy (non-hydrogen) atoms. The summed E-state index contributed by atoms with van der Waals surface area (Å²) in [6.45, 7) is 19.1. The van der Waals surface area contributed by atoms with Crippen LogP contribution in [0.2, 0.25) is 0 Å². The van der Waals surface area contributed by atoms with Gasteiger partial charge in [0, 0.05) is 21.7 Å². The molecular weight excluding hydrogens is 1440 g/mol. The molecule has 0 N–H and O–H groups in total. The summed E-state index contributed by atoms with van der Waals surface area (Å²) >= 11 is 0. The minimum absolute atomic E-state index is 0.0501. The van der Waals surface area contributed by atoms with Gasteiger partial charge in [-0.2, -0.15) is 0 Å². The number of unbranched alkanes of at least 4 members (excludes halogenated alkanes) is 24. The molecule has 0 aliphatic heterocycles.